The summed E-state index contributed by atoms with van der Waals surface area (Å²) in [6.07, 6.45) is 4.21. The number of thioether (sulfide) groups is 2. The number of unbranched alkanes of at least 4 members (excludes halogenated alkanes) is 3. The Morgan fingerprint density at radius 2 is 1.90 bits per heavy atom. The molecular weight excluding hydrogens is 434 g/mol. The van der Waals surface area contributed by atoms with Crippen molar-refractivity contribution in [1.82, 2.24) is 4.90 Å². The third-order valence-corrected chi connectivity index (χ3v) is 7.65. The Hall–Kier alpha value is -2.13. The molecule has 2 aliphatic heterocycles. The topological polar surface area (TPSA) is 71.4 Å². The fraction of sp³-hybridized carbons (Fsp3) is 0.500. The van der Waals surface area contributed by atoms with Gasteiger partial charge in [0.25, 0.3) is 5.91 Å². The third kappa shape index (κ3) is 5.38. The van der Waals surface area contributed by atoms with Crippen molar-refractivity contribution < 1.29 is 19.1 Å². The van der Waals surface area contributed by atoms with Crippen molar-refractivity contribution in [3.8, 4) is 5.75 Å². The molecule has 0 spiro atoms. The normalized spacial score (nSPS) is 19.4. The number of amides is 1. The fourth-order valence-corrected chi connectivity index (χ4v) is 5.79. The molecule has 1 saturated heterocycles. The molecule has 3 rings (SSSR count). The van der Waals surface area contributed by atoms with Crippen molar-refractivity contribution in [1.29, 1.82) is 0 Å². The summed E-state index contributed by atoms with van der Waals surface area (Å²) in [6.45, 7) is 3.24. The molecule has 2 heterocycles. The molecule has 9 heteroatoms. The smallest absolute Gasteiger partial charge is 0.305 e. The van der Waals surface area contributed by atoms with Crippen LogP contribution in [0, 0.1) is 0 Å². The van der Waals surface area contributed by atoms with Crippen LogP contribution in [-0.4, -0.2) is 56.3 Å². The molecule has 0 unspecified atom stereocenters. The van der Waals surface area contributed by atoms with Crippen LogP contribution in [0.5, 0.6) is 5.75 Å². The van der Waals surface area contributed by atoms with Gasteiger partial charge in [0.2, 0.25) is 0 Å². The van der Waals surface area contributed by atoms with Crippen LogP contribution in [0.4, 0.5) is 5.69 Å². The van der Waals surface area contributed by atoms with E-state index in [0.29, 0.717) is 19.5 Å². The zero-order chi connectivity index (χ0) is 22.4. The van der Waals surface area contributed by atoms with Gasteiger partial charge in [-0.3, -0.25) is 19.5 Å². The van der Waals surface area contributed by atoms with Crippen LogP contribution in [-0.2, 0) is 14.3 Å². The predicted octanol–water partition coefficient (Wildman–Crippen LogP) is 4.48. The first-order chi connectivity index (χ1) is 15.0. The highest BCUT2D eigenvalue weighted by Gasteiger charge is 2.38. The van der Waals surface area contributed by atoms with Gasteiger partial charge in [-0.15, -0.1) is 0 Å². The van der Waals surface area contributed by atoms with Crippen LogP contribution < -0.4 is 9.64 Å². The minimum absolute atomic E-state index is 0.0125. The monoisotopic (exact) mass is 463 g/mol. The first kappa shape index (κ1) is 23.5. The third-order valence-electron chi connectivity index (χ3n) is 5.18. The first-order valence-corrected chi connectivity index (χ1v) is 12.1. The molecule has 168 valence electrons. The van der Waals surface area contributed by atoms with Crippen molar-refractivity contribution >= 4 is 46.3 Å². The van der Waals surface area contributed by atoms with Crippen molar-refractivity contribution in [2.75, 3.05) is 39.3 Å². The second-order valence-electron chi connectivity index (χ2n) is 7.19. The summed E-state index contributed by atoms with van der Waals surface area (Å²) in [4.78, 5) is 34.6. The molecule has 2 aliphatic rings. The number of anilines is 1. The van der Waals surface area contributed by atoms with E-state index in [-0.39, 0.29) is 11.9 Å². The van der Waals surface area contributed by atoms with Crippen molar-refractivity contribution in [2.24, 2.45) is 4.99 Å². The number of benzene rings is 1. The maximum atomic E-state index is 13.1. The van der Waals surface area contributed by atoms with Gasteiger partial charge in [0, 0.05) is 37.5 Å². The van der Waals surface area contributed by atoms with Gasteiger partial charge in [0.1, 0.15) is 10.7 Å². The molecule has 0 saturated carbocycles. The molecule has 0 atom stereocenters. The number of nitrogens with zero attached hydrogens (tertiary/aromatic N) is 3. The average molecular weight is 464 g/mol. The van der Waals surface area contributed by atoms with Crippen molar-refractivity contribution in [3.05, 3.63) is 28.1 Å². The number of aliphatic imine (C=N–C) groups is 1. The summed E-state index contributed by atoms with van der Waals surface area (Å²) < 4.78 is 10.00. The number of likely N-dealkylation sites (N-methyl/N-ethyl adjacent to an activating group) is 1. The predicted molar refractivity (Wildman–Crippen MR) is 127 cm³/mol. The Labute approximate surface area is 192 Å². The number of methoxy groups -OCH3 is 2. The number of rotatable bonds is 9. The lowest BCUT2D eigenvalue weighted by Crippen LogP contribution is -2.29. The van der Waals surface area contributed by atoms with Crippen LogP contribution in [0.3, 0.4) is 0 Å². The highest BCUT2D eigenvalue weighted by molar-refractivity contribution is 8.19. The zero-order valence-corrected chi connectivity index (χ0v) is 20.1. The molecule has 0 aromatic heterocycles. The van der Waals surface area contributed by atoms with E-state index in [2.05, 4.69) is 9.64 Å². The lowest BCUT2D eigenvalue weighted by Gasteiger charge is -2.15. The van der Waals surface area contributed by atoms with E-state index in [0.717, 1.165) is 57.1 Å². The van der Waals surface area contributed by atoms with E-state index < -0.39 is 0 Å². The van der Waals surface area contributed by atoms with Gasteiger partial charge in [0.15, 0.2) is 5.17 Å². The zero-order valence-electron chi connectivity index (χ0n) is 18.5. The van der Waals surface area contributed by atoms with Gasteiger partial charge < -0.3 is 14.4 Å². The maximum Gasteiger partial charge on any atom is 0.305 e. The maximum absolute atomic E-state index is 13.1. The van der Waals surface area contributed by atoms with Crippen LogP contribution in [0.2, 0.25) is 0 Å². The van der Waals surface area contributed by atoms with Crippen molar-refractivity contribution in [2.45, 2.75) is 43.9 Å². The van der Waals surface area contributed by atoms with E-state index in [1.54, 1.807) is 23.8 Å². The lowest BCUT2D eigenvalue weighted by atomic mass is 10.1. The Kier molecular flexibility index (Phi) is 8.31. The molecule has 0 aliphatic carbocycles. The van der Waals surface area contributed by atoms with E-state index in [9.17, 15) is 9.59 Å². The second-order valence-corrected chi connectivity index (χ2v) is 9.19. The van der Waals surface area contributed by atoms with Crippen LogP contribution in [0.15, 0.2) is 38.0 Å². The summed E-state index contributed by atoms with van der Waals surface area (Å²) in [5, 5.41) is 1.71. The fourth-order valence-electron chi connectivity index (χ4n) is 3.40. The molecular formula is C22H29N3O4S2. The highest BCUT2D eigenvalue weighted by atomic mass is 32.2. The highest BCUT2D eigenvalue weighted by Crippen LogP contribution is 2.50. The Morgan fingerprint density at radius 3 is 2.61 bits per heavy atom. The number of ether oxygens (including phenoxy) is 2. The Balaban J connectivity index is 1.63. The summed E-state index contributed by atoms with van der Waals surface area (Å²) in [5.74, 6) is 0.654. The first-order valence-electron chi connectivity index (χ1n) is 10.4. The number of carbonyl (C=O) groups excluding carboxylic acids is 2. The lowest BCUT2D eigenvalue weighted by molar-refractivity contribution is -0.140. The van der Waals surface area contributed by atoms with Crippen LogP contribution in [0.1, 0.15) is 39.0 Å². The molecule has 7 nitrogen and oxygen atoms in total. The van der Waals surface area contributed by atoms with Crippen LogP contribution in [0.25, 0.3) is 0 Å². The summed E-state index contributed by atoms with van der Waals surface area (Å²) >= 11 is 3.07. The molecule has 1 amide bonds. The number of fused-ring (bicyclic) bond motifs is 1. The molecule has 0 N–H and O–H groups in total. The molecule has 0 bridgehead atoms. The summed E-state index contributed by atoms with van der Waals surface area (Å²) in [7, 11) is 5.05. The second kappa shape index (κ2) is 10.9. The van der Waals surface area contributed by atoms with E-state index in [4.69, 9.17) is 9.73 Å². The molecule has 1 aromatic rings. The Morgan fingerprint density at radius 1 is 1.13 bits per heavy atom. The SMILES string of the molecule is CCN1C(=O)C(=C2Sc3ccc(OC)cc3N2C)SC1=NCCCCCCC(=O)OC. The molecule has 1 aromatic carbocycles. The van der Waals surface area contributed by atoms with Gasteiger partial charge in [-0.05, 0) is 43.7 Å². The molecule has 31 heavy (non-hydrogen) atoms. The minimum Gasteiger partial charge on any atom is -0.497 e. The summed E-state index contributed by atoms with van der Waals surface area (Å²) in [6, 6.07) is 5.96. The number of hydrogen-bond acceptors (Lipinski definition) is 8. The van der Waals surface area contributed by atoms with E-state index in [1.165, 1.54) is 18.9 Å². The van der Waals surface area contributed by atoms with E-state index in [1.807, 2.05) is 32.2 Å². The number of esters is 1. The van der Waals surface area contributed by atoms with E-state index >= 15 is 0 Å². The van der Waals surface area contributed by atoms with Gasteiger partial charge in [-0.25, -0.2) is 0 Å². The van der Waals surface area contributed by atoms with Crippen molar-refractivity contribution in [3.63, 3.8) is 0 Å². The van der Waals surface area contributed by atoms with Gasteiger partial charge in [-0.1, -0.05) is 24.6 Å². The average Bonchev–Trinajstić information content (AvgIpc) is 3.28. The summed E-state index contributed by atoms with van der Waals surface area (Å²) in [5.41, 5.74) is 1.04. The number of hydrogen-bond donors (Lipinski definition) is 0. The van der Waals surface area contributed by atoms with Gasteiger partial charge in [0.05, 0.1) is 24.9 Å². The van der Waals surface area contributed by atoms with Gasteiger partial charge >= 0.3 is 5.97 Å². The molecule has 1 fully saturated rings. The van der Waals surface area contributed by atoms with Gasteiger partial charge in [-0.2, -0.15) is 0 Å². The minimum atomic E-state index is -0.157. The number of carbonyl (C=O) groups is 2. The Bertz CT molecular complexity index is 901. The quantitative estimate of drug-likeness (QED) is 0.304. The number of amidine groups is 1. The van der Waals surface area contributed by atoms with Crippen LogP contribution >= 0.6 is 23.5 Å². The standard InChI is InChI=1S/C22H29N3O4S2/c1-5-25-20(27)19(21-24(2)16-14-15(28-3)11-12-17(16)30-21)31-22(25)23-13-9-7-6-8-10-18(26)29-4/h11-12,14H,5-10,13H2,1-4H3. The molecule has 0 radical (unpaired) electrons. The largest absolute Gasteiger partial charge is 0.497 e.